The number of benzene rings is 3. The second-order valence-electron chi connectivity index (χ2n) is 14.0. The third-order valence-electron chi connectivity index (χ3n) is 10.8. The van der Waals surface area contributed by atoms with Gasteiger partial charge in [-0.25, -0.2) is 17.6 Å². The van der Waals surface area contributed by atoms with Gasteiger partial charge in [-0.3, -0.25) is 9.69 Å². The Kier molecular flexibility index (Phi) is 11.0. The summed E-state index contributed by atoms with van der Waals surface area (Å²) in [7, 11) is 0. The molecule has 0 radical (unpaired) electrons. The van der Waals surface area contributed by atoms with E-state index in [1.165, 1.54) is 24.6 Å². The van der Waals surface area contributed by atoms with Crippen molar-refractivity contribution in [3.63, 3.8) is 0 Å². The Balaban J connectivity index is 1.09. The quantitative estimate of drug-likeness (QED) is 0.137. The van der Waals surface area contributed by atoms with Crippen LogP contribution in [0.15, 0.2) is 78.9 Å². The summed E-state index contributed by atoms with van der Waals surface area (Å²) in [6.07, 6.45) is 6.12. The van der Waals surface area contributed by atoms with E-state index in [1.807, 2.05) is 36.4 Å². The van der Waals surface area contributed by atoms with Crippen molar-refractivity contribution in [2.24, 2.45) is 17.8 Å². The van der Waals surface area contributed by atoms with Crippen molar-refractivity contribution >= 4 is 5.97 Å². The van der Waals surface area contributed by atoms with Gasteiger partial charge >= 0.3 is 5.97 Å². The number of hydrogen-bond donors (Lipinski definition) is 0. The van der Waals surface area contributed by atoms with Gasteiger partial charge in [-0.1, -0.05) is 73.9 Å². The molecule has 0 aromatic heterocycles. The molecule has 1 saturated carbocycles. The van der Waals surface area contributed by atoms with E-state index < -0.39 is 11.7 Å². The minimum Gasteiger partial charge on any atom is -0.460 e. The second-order valence-corrected chi connectivity index (χ2v) is 14.0. The maximum Gasteiger partial charge on any atom is 0.323 e. The number of carbonyl (C=O) groups is 1. The number of rotatable bonds is 13. The van der Waals surface area contributed by atoms with Gasteiger partial charge in [0, 0.05) is 37.5 Å². The molecule has 2 saturated heterocycles. The molecule has 4 nitrogen and oxygen atoms in total. The Labute approximate surface area is 276 Å². The lowest BCUT2D eigenvalue weighted by Crippen LogP contribution is -2.44. The second kappa shape index (κ2) is 15.3. The summed E-state index contributed by atoms with van der Waals surface area (Å²) >= 11 is 0. The van der Waals surface area contributed by atoms with E-state index in [-0.39, 0.29) is 54.2 Å². The molecule has 3 aromatic carbocycles. The summed E-state index contributed by atoms with van der Waals surface area (Å²) in [5, 5.41) is 0. The Morgan fingerprint density at radius 1 is 0.851 bits per heavy atom. The van der Waals surface area contributed by atoms with Crippen LogP contribution < -0.4 is 0 Å². The largest absolute Gasteiger partial charge is 0.460 e. The number of esters is 1. The average Bonchev–Trinajstić information content (AvgIpc) is 3.46. The lowest BCUT2D eigenvalue weighted by atomic mass is 9.80. The Bertz CT molecular complexity index is 1440. The molecule has 252 valence electrons. The Morgan fingerprint density at radius 3 is 2.28 bits per heavy atom. The van der Waals surface area contributed by atoms with Gasteiger partial charge in [0.1, 0.15) is 24.3 Å². The van der Waals surface area contributed by atoms with E-state index in [0.717, 1.165) is 81.5 Å². The molecule has 3 aromatic rings. The maximum absolute atomic E-state index is 14.8. The molecule has 0 unspecified atom stereocenters. The molecule has 1 aliphatic carbocycles. The Hall–Kier alpha value is -3.23. The molecule has 0 amide bonds. The van der Waals surface area contributed by atoms with E-state index in [9.17, 15) is 22.4 Å². The van der Waals surface area contributed by atoms with Crippen molar-refractivity contribution in [3.05, 3.63) is 107 Å². The molecule has 3 atom stereocenters. The van der Waals surface area contributed by atoms with Gasteiger partial charge in [0.2, 0.25) is 0 Å². The number of nitrogens with zero attached hydrogens (tertiary/aromatic N) is 2. The first-order valence-electron chi connectivity index (χ1n) is 17.3. The summed E-state index contributed by atoms with van der Waals surface area (Å²) < 4.78 is 63.2. The van der Waals surface area contributed by atoms with E-state index in [0.29, 0.717) is 18.9 Å². The van der Waals surface area contributed by atoms with Crippen LogP contribution in [0.2, 0.25) is 0 Å². The van der Waals surface area contributed by atoms with Crippen LogP contribution >= 0.6 is 0 Å². The highest BCUT2D eigenvalue weighted by molar-refractivity contribution is 5.76. The lowest BCUT2D eigenvalue weighted by Gasteiger charge is -2.35. The van der Waals surface area contributed by atoms with Crippen molar-refractivity contribution in [2.45, 2.75) is 75.9 Å². The summed E-state index contributed by atoms with van der Waals surface area (Å²) in [5.41, 5.74) is 1.78. The van der Waals surface area contributed by atoms with Crippen LogP contribution in [0, 0.1) is 29.4 Å². The topological polar surface area (TPSA) is 32.8 Å². The third-order valence-corrected chi connectivity index (χ3v) is 10.8. The number of hydrogen-bond acceptors (Lipinski definition) is 4. The van der Waals surface area contributed by atoms with Crippen molar-refractivity contribution in [2.75, 3.05) is 32.7 Å². The van der Waals surface area contributed by atoms with Crippen LogP contribution in [0.1, 0.15) is 74.0 Å². The predicted molar refractivity (Wildman–Crippen MR) is 175 cm³/mol. The smallest absolute Gasteiger partial charge is 0.323 e. The van der Waals surface area contributed by atoms with Gasteiger partial charge in [0.15, 0.2) is 0 Å². The lowest BCUT2D eigenvalue weighted by molar-refractivity contribution is -0.152. The predicted octanol–water partition coefficient (Wildman–Crippen LogP) is 8.57. The van der Waals surface area contributed by atoms with Crippen LogP contribution in [0.4, 0.5) is 17.6 Å². The van der Waals surface area contributed by atoms with E-state index >= 15 is 0 Å². The fourth-order valence-corrected chi connectivity index (χ4v) is 7.74. The fourth-order valence-electron chi connectivity index (χ4n) is 7.74. The van der Waals surface area contributed by atoms with Gasteiger partial charge in [0.05, 0.1) is 0 Å². The van der Waals surface area contributed by atoms with E-state index in [1.54, 1.807) is 12.1 Å². The van der Waals surface area contributed by atoms with Gasteiger partial charge in [-0.2, -0.15) is 0 Å². The maximum atomic E-state index is 14.8. The zero-order chi connectivity index (χ0) is 32.8. The van der Waals surface area contributed by atoms with Gasteiger partial charge in [-0.15, -0.1) is 0 Å². The number of carbonyl (C=O) groups excluding carboxylic acids is 1. The summed E-state index contributed by atoms with van der Waals surface area (Å²) in [5.74, 6) is -2.93. The monoisotopic (exact) mass is 650 g/mol. The summed E-state index contributed by atoms with van der Waals surface area (Å²) in [4.78, 5) is 18.4. The van der Waals surface area contributed by atoms with Crippen molar-refractivity contribution < 1.29 is 27.1 Å². The third kappa shape index (κ3) is 8.82. The first kappa shape index (κ1) is 33.7. The van der Waals surface area contributed by atoms with Crippen molar-refractivity contribution in [1.82, 2.24) is 9.80 Å². The minimum atomic E-state index is -2.98. The molecule has 0 bridgehead atoms. The van der Waals surface area contributed by atoms with Crippen molar-refractivity contribution in [3.8, 4) is 0 Å². The average molecular weight is 651 g/mol. The van der Waals surface area contributed by atoms with E-state index in [2.05, 4.69) is 9.80 Å². The highest BCUT2D eigenvalue weighted by Gasteiger charge is 2.42. The van der Waals surface area contributed by atoms with Crippen LogP contribution in [-0.2, 0) is 22.1 Å². The molecule has 0 N–H and O–H groups in total. The number of halogens is 4. The number of ether oxygens (including phenoxy) is 1. The molecule has 3 aliphatic rings. The summed E-state index contributed by atoms with van der Waals surface area (Å²) in [6.45, 7) is 4.10. The van der Waals surface area contributed by atoms with Gasteiger partial charge < -0.3 is 9.64 Å². The number of piperidine rings is 1. The molecule has 2 heterocycles. The van der Waals surface area contributed by atoms with Crippen LogP contribution in [0.25, 0.3) is 0 Å². The molecular weight excluding hydrogens is 604 g/mol. The molecule has 0 spiro atoms. The van der Waals surface area contributed by atoms with Crippen molar-refractivity contribution in [1.29, 1.82) is 0 Å². The molecule has 2 aliphatic heterocycles. The first-order valence-corrected chi connectivity index (χ1v) is 17.3. The molecular formula is C39H46F4N2O2. The number of alkyl halides is 2. The fraction of sp³-hybridized carbons (Fsp3) is 0.513. The summed E-state index contributed by atoms with van der Waals surface area (Å²) in [6, 6.07) is 20.8. The molecule has 47 heavy (non-hydrogen) atoms. The highest BCUT2D eigenvalue weighted by Crippen LogP contribution is 2.40. The Morgan fingerprint density at radius 2 is 1.60 bits per heavy atom. The molecule has 6 rings (SSSR count). The zero-order valence-corrected chi connectivity index (χ0v) is 27.0. The zero-order valence-electron chi connectivity index (χ0n) is 27.0. The van der Waals surface area contributed by atoms with Gasteiger partial charge in [0.25, 0.3) is 5.92 Å². The minimum absolute atomic E-state index is 0.0728. The number of likely N-dealkylation sites (tertiary alicyclic amines) is 2. The van der Waals surface area contributed by atoms with Gasteiger partial charge in [-0.05, 0) is 91.9 Å². The molecule has 3 fully saturated rings. The normalized spacial score (nSPS) is 22.2. The van der Waals surface area contributed by atoms with Crippen LogP contribution in [0.3, 0.4) is 0 Å². The van der Waals surface area contributed by atoms with Crippen LogP contribution in [-0.4, -0.2) is 54.5 Å². The first-order chi connectivity index (χ1) is 22.7. The standard InChI is InChI=1S/C39H46F4N2O2/c40-34-14-12-33(13-15-34)39(42,43)19-16-28-17-20-44(21-18-28)24-32-25-45(26-36(32)31-10-5-11-35(41)23-31)37(22-29-8-4-9-29)38(46)47-27-30-6-2-1-3-7-30/h1-3,5-7,10-15,23,28-29,32,36-37H,4,8-9,16-22,24-27H2/t32-,36-,37-/m1/s1. The van der Waals surface area contributed by atoms with Crippen LogP contribution in [0.5, 0.6) is 0 Å². The van der Waals surface area contributed by atoms with E-state index in [4.69, 9.17) is 4.74 Å². The SMILES string of the molecule is O=C(OCc1ccccc1)[C@@H](CC1CCC1)N1C[C@@H](CN2CCC(CCC(F)(F)c3ccc(F)cc3)CC2)[C@@H](c2cccc(F)c2)C1. The molecule has 8 heteroatoms. The highest BCUT2D eigenvalue weighted by atomic mass is 19.3.